The summed E-state index contributed by atoms with van der Waals surface area (Å²) < 4.78 is 0. The normalized spacial score (nSPS) is 13.8. The van der Waals surface area contributed by atoms with E-state index in [1.807, 2.05) is 57.2 Å². The van der Waals surface area contributed by atoms with E-state index in [1.165, 1.54) is 0 Å². The van der Waals surface area contributed by atoms with Gasteiger partial charge in [-0.05, 0) is 69.8 Å². The zero-order valence-electron chi connectivity index (χ0n) is 21.9. The fraction of sp³-hybridized carbons (Fsp3) is 0.429. The van der Waals surface area contributed by atoms with Crippen LogP contribution in [0.3, 0.4) is 0 Å². The van der Waals surface area contributed by atoms with Crippen molar-refractivity contribution >= 4 is 33.9 Å². The van der Waals surface area contributed by atoms with Gasteiger partial charge in [-0.2, -0.15) is 0 Å². The Balaban J connectivity index is 0.00000167. The number of anilines is 3. The number of carbonyl (C=O) groups is 1. The number of H-pyrrole nitrogens is 1. The molecule has 2 aromatic carbocycles. The molecule has 0 unspecified atom stereocenters. The number of aromatic amines is 1. The van der Waals surface area contributed by atoms with Crippen molar-refractivity contribution in [1.82, 2.24) is 9.88 Å². The highest BCUT2D eigenvalue weighted by atomic mass is 16.2. The molecule has 7 heteroatoms. The third-order valence-corrected chi connectivity index (χ3v) is 6.61. The average molecular weight is 482 g/mol. The zero-order chi connectivity index (χ0) is 25.5. The van der Waals surface area contributed by atoms with Crippen LogP contribution in [-0.4, -0.2) is 62.1 Å². The SMILES string of the molecule is CC.CCN(CC)c1ccc(NC(=O)c2c(C)c3ccc(N4CCN(C)CC4)cc3[nH]c2=O)cc1.[HH].[HH]. The third-order valence-electron chi connectivity index (χ3n) is 6.61. The second kappa shape index (κ2) is 11.9. The van der Waals surface area contributed by atoms with Gasteiger partial charge >= 0.3 is 0 Å². The molecule has 1 amide bonds. The Hall–Kier alpha value is -3.32. The second-order valence-electron chi connectivity index (χ2n) is 8.65. The fourth-order valence-corrected chi connectivity index (χ4v) is 4.53. The second-order valence-corrected chi connectivity index (χ2v) is 8.65. The van der Waals surface area contributed by atoms with Gasteiger partial charge in [-0.25, -0.2) is 0 Å². The maximum Gasteiger partial charge on any atom is 0.261 e. The van der Waals surface area contributed by atoms with E-state index in [0.717, 1.165) is 61.5 Å². The van der Waals surface area contributed by atoms with Crippen molar-refractivity contribution in [2.75, 3.05) is 61.4 Å². The maximum absolute atomic E-state index is 13.0. The molecule has 4 rings (SSSR count). The predicted molar refractivity (Wildman–Crippen MR) is 153 cm³/mol. The lowest BCUT2D eigenvalue weighted by molar-refractivity contribution is 0.102. The number of carbonyl (C=O) groups excluding carboxylic acids is 1. The molecular formula is C28H43N5O2. The summed E-state index contributed by atoms with van der Waals surface area (Å²) >= 11 is 0. The van der Waals surface area contributed by atoms with Crippen molar-refractivity contribution in [2.45, 2.75) is 34.6 Å². The Labute approximate surface area is 211 Å². The molecule has 1 aromatic heterocycles. The van der Waals surface area contributed by atoms with E-state index in [0.29, 0.717) is 11.3 Å². The number of piperazine rings is 1. The summed E-state index contributed by atoms with van der Waals surface area (Å²) in [4.78, 5) is 35.7. The van der Waals surface area contributed by atoms with Crippen LogP contribution in [-0.2, 0) is 0 Å². The van der Waals surface area contributed by atoms with Crippen LogP contribution in [0.5, 0.6) is 0 Å². The van der Waals surface area contributed by atoms with Crippen LogP contribution < -0.4 is 20.7 Å². The molecule has 192 valence electrons. The van der Waals surface area contributed by atoms with E-state index >= 15 is 0 Å². The number of hydrogen-bond donors (Lipinski definition) is 2. The fourth-order valence-electron chi connectivity index (χ4n) is 4.53. The lowest BCUT2D eigenvalue weighted by atomic mass is 10.0. The van der Waals surface area contributed by atoms with Crippen LogP contribution in [0.4, 0.5) is 17.1 Å². The molecule has 7 nitrogen and oxygen atoms in total. The number of nitrogens with zero attached hydrogens (tertiary/aromatic N) is 3. The van der Waals surface area contributed by atoms with Gasteiger partial charge in [-0.3, -0.25) is 9.59 Å². The Bertz CT molecular complexity index is 1200. The van der Waals surface area contributed by atoms with E-state index in [2.05, 4.69) is 52.0 Å². The molecule has 1 fully saturated rings. The molecule has 2 heterocycles. The number of aromatic nitrogens is 1. The van der Waals surface area contributed by atoms with Gasteiger partial charge in [-0.1, -0.05) is 19.9 Å². The Kier molecular flexibility index (Phi) is 8.93. The first-order valence-electron chi connectivity index (χ1n) is 12.7. The lowest BCUT2D eigenvalue weighted by Crippen LogP contribution is -2.44. The lowest BCUT2D eigenvalue weighted by Gasteiger charge is -2.34. The number of likely N-dealkylation sites (N-methyl/N-ethyl adjacent to an activating group) is 1. The monoisotopic (exact) mass is 481 g/mol. The van der Waals surface area contributed by atoms with Crippen molar-refractivity contribution in [2.24, 2.45) is 0 Å². The molecule has 1 aliphatic heterocycles. The molecule has 0 aliphatic carbocycles. The number of benzene rings is 2. The van der Waals surface area contributed by atoms with Gasteiger partial charge in [0.1, 0.15) is 5.56 Å². The molecule has 35 heavy (non-hydrogen) atoms. The summed E-state index contributed by atoms with van der Waals surface area (Å²) in [6, 6.07) is 13.8. The first-order valence-corrected chi connectivity index (χ1v) is 12.7. The van der Waals surface area contributed by atoms with Gasteiger partial charge < -0.3 is 25.0 Å². The largest absolute Gasteiger partial charge is 0.372 e. The first-order chi connectivity index (χ1) is 16.9. The predicted octanol–water partition coefficient (Wildman–Crippen LogP) is 5.21. The highest BCUT2D eigenvalue weighted by molar-refractivity contribution is 6.07. The number of amides is 1. The molecule has 3 aromatic rings. The van der Waals surface area contributed by atoms with Crippen LogP contribution in [0.15, 0.2) is 47.3 Å². The molecule has 0 radical (unpaired) electrons. The molecule has 1 saturated heterocycles. The summed E-state index contributed by atoms with van der Waals surface area (Å²) in [6.45, 7) is 15.9. The standard InChI is InChI=1S/C26H33N5O2.C2H6.2H2/c1-5-30(6-2)20-9-7-19(8-10-20)27-25(32)24-18(3)22-12-11-21(17-23(22)28-26(24)33)31-15-13-29(4)14-16-31;1-2;;/h7-12,17H,5-6,13-16H2,1-4H3,(H,27,32)(H,28,33);1-2H3;2*1H. The van der Waals surface area contributed by atoms with Crippen LogP contribution in [0.25, 0.3) is 10.9 Å². The number of fused-ring (bicyclic) bond motifs is 1. The molecule has 2 N–H and O–H groups in total. The van der Waals surface area contributed by atoms with E-state index in [4.69, 9.17) is 0 Å². The van der Waals surface area contributed by atoms with Gasteiger partial charge in [0.05, 0.1) is 5.52 Å². The van der Waals surface area contributed by atoms with Gasteiger partial charge in [0.2, 0.25) is 0 Å². The van der Waals surface area contributed by atoms with Crippen LogP contribution >= 0.6 is 0 Å². The minimum absolute atomic E-state index is 0. The highest BCUT2D eigenvalue weighted by Crippen LogP contribution is 2.25. The number of rotatable bonds is 6. The van der Waals surface area contributed by atoms with E-state index in [-0.39, 0.29) is 14.0 Å². The van der Waals surface area contributed by atoms with Crippen molar-refractivity contribution in [3.63, 3.8) is 0 Å². The van der Waals surface area contributed by atoms with Crippen molar-refractivity contribution in [3.8, 4) is 0 Å². The van der Waals surface area contributed by atoms with Gasteiger partial charge in [0.15, 0.2) is 0 Å². The van der Waals surface area contributed by atoms with Crippen molar-refractivity contribution in [3.05, 3.63) is 63.9 Å². The minimum atomic E-state index is -0.394. The maximum atomic E-state index is 13.0. The molecule has 1 aliphatic rings. The number of hydrogen-bond acceptors (Lipinski definition) is 5. The Morgan fingerprint density at radius 1 is 1.03 bits per heavy atom. The highest BCUT2D eigenvalue weighted by Gasteiger charge is 2.19. The van der Waals surface area contributed by atoms with Gasteiger partial charge in [-0.15, -0.1) is 0 Å². The molecular weight excluding hydrogens is 438 g/mol. The van der Waals surface area contributed by atoms with Crippen LogP contribution in [0, 0.1) is 6.92 Å². The molecule has 0 saturated carbocycles. The molecule has 0 spiro atoms. The number of pyridine rings is 1. The number of aryl methyl sites for hydroxylation is 1. The summed E-state index contributed by atoms with van der Waals surface area (Å²) in [5.41, 5.74) is 4.10. The topological polar surface area (TPSA) is 71.7 Å². The van der Waals surface area contributed by atoms with Crippen molar-refractivity contribution < 1.29 is 7.65 Å². The van der Waals surface area contributed by atoms with Crippen molar-refractivity contribution in [1.29, 1.82) is 0 Å². The average Bonchev–Trinajstić information content (AvgIpc) is 2.87. The quantitative estimate of drug-likeness (QED) is 0.506. The van der Waals surface area contributed by atoms with E-state index < -0.39 is 5.91 Å². The van der Waals surface area contributed by atoms with E-state index in [9.17, 15) is 9.59 Å². The van der Waals surface area contributed by atoms with Crippen LogP contribution in [0.1, 0.15) is 46.5 Å². The summed E-state index contributed by atoms with van der Waals surface area (Å²) in [6.07, 6.45) is 0. The van der Waals surface area contributed by atoms with E-state index in [1.54, 1.807) is 0 Å². The summed E-state index contributed by atoms with van der Waals surface area (Å²) in [5, 5.41) is 3.77. The first kappa shape index (κ1) is 26.3. The van der Waals surface area contributed by atoms with Crippen LogP contribution in [0.2, 0.25) is 0 Å². The summed E-state index contributed by atoms with van der Waals surface area (Å²) in [7, 11) is 2.13. The smallest absolute Gasteiger partial charge is 0.261 e. The van der Waals surface area contributed by atoms with Gasteiger partial charge in [0, 0.05) is 64.6 Å². The summed E-state index contributed by atoms with van der Waals surface area (Å²) in [5.74, 6) is -0.394. The molecule has 0 bridgehead atoms. The number of nitrogens with one attached hydrogen (secondary N) is 2. The third kappa shape index (κ3) is 5.85. The Morgan fingerprint density at radius 2 is 1.66 bits per heavy atom. The van der Waals surface area contributed by atoms with Gasteiger partial charge in [0.25, 0.3) is 11.5 Å². The zero-order valence-corrected chi connectivity index (χ0v) is 21.9. The Morgan fingerprint density at radius 3 is 2.26 bits per heavy atom. The minimum Gasteiger partial charge on any atom is -0.372 e. The molecule has 0 atom stereocenters.